The molecule has 5 rings (SSSR count). The summed E-state index contributed by atoms with van der Waals surface area (Å²) < 4.78 is 91.2. The quantitative estimate of drug-likeness (QED) is 0.0169. The van der Waals surface area contributed by atoms with Crippen molar-refractivity contribution in [3.05, 3.63) is 83.6 Å². The number of carbonyl (C=O) groups is 7. The number of thioether (sulfide) groups is 1. The van der Waals surface area contributed by atoms with E-state index in [9.17, 15) is 59.5 Å². The number of ether oxygens (including phenoxy) is 4. The standard InChI is InChI=1S/C56H78N8O17S3/c1-7-62-44-19-17-39(83(72,73)74)32-41(44)55(3,4)47(62)14-10-8-11-15-48-56(5,6)42-33-40(84(75,76)77)18-20-45(42)63(48)24-13-9-12-16-49(66)59-21-25-64-52(69)34-46(54(64)71)82-37-43(53(57)70)61-51(68)36-81-31-29-79-27-23-60-50(67)35-80-30-28-78-26-22-58-38(2)65/h8,10-11,14-15,17-20,32-33,43,46H,7,9,12-13,16,21-31,34-37H2,1-6H3,(H7-,57,58,59,60,61,65,66,67,68,70,72,73,74,75,76,77)/p+1/t43-,46?/m1/s1. The maximum atomic E-state index is 13.2. The summed E-state index contributed by atoms with van der Waals surface area (Å²) in [5, 5.41) is 9.63. The van der Waals surface area contributed by atoms with Crippen molar-refractivity contribution < 1.29 is 83.0 Å². The highest BCUT2D eigenvalue weighted by Gasteiger charge is 2.45. The lowest BCUT2D eigenvalue weighted by Gasteiger charge is -2.27. The number of amides is 7. The first kappa shape index (κ1) is 68.4. The van der Waals surface area contributed by atoms with E-state index >= 15 is 0 Å². The zero-order valence-electron chi connectivity index (χ0n) is 48.3. The molecule has 1 unspecified atom stereocenters. The van der Waals surface area contributed by atoms with Crippen molar-refractivity contribution in [1.29, 1.82) is 0 Å². The van der Waals surface area contributed by atoms with Gasteiger partial charge in [-0.15, -0.1) is 11.8 Å². The van der Waals surface area contributed by atoms with Crippen LogP contribution in [-0.4, -0.2) is 192 Å². The fourth-order valence-electron chi connectivity index (χ4n) is 9.74. The maximum absolute atomic E-state index is 13.2. The van der Waals surface area contributed by atoms with E-state index in [0.29, 0.717) is 51.1 Å². The topological polar surface area (TPSA) is 349 Å². The Labute approximate surface area is 495 Å². The molecular formula is C56H79N8O17S3+. The van der Waals surface area contributed by atoms with E-state index in [2.05, 4.69) is 30.7 Å². The molecule has 84 heavy (non-hydrogen) atoms. The molecule has 0 aromatic heterocycles. The number of allylic oxidation sites excluding steroid dienone is 6. The first-order chi connectivity index (χ1) is 39.7. The number of carbonyl (C=O) groups excluding carboxylic acids is 7. The van der Waals surface area contributed by atoms with Crippen LogP contribution in [0.15, 0.2) is 82.3 Å². The normalized spacial score (nSPS) is 17.3. The third-order valence-corrected chi connectivity index (χ3v) is 17.1. The average Bonchev–Trinajstić information content (AvgIpc) is 2.02. The molecule has 1 saturated heterocycles. The molecule has 2 atom stereocenters. The number of imide groups is 1. The number of anilines is 1. The highest BCUT2D eigenvalue weighted by atomic mass is 32.2. The number of nitrogens with zero attached hydrogens (tertiary/aromatic N) is 3. The number of primary amides is 1. The molecule has 0 saturated carbocycles. The molecule has 8 N–H and O–H groups in total. The predicted molar refractivity (Wildman–Crippen MR) is 313 cm³/mol. The van der Waals surface area contributed by atoms with Crippen LogP contribution in [0.4, 0.5) is 11.4 Å². The van der Waals surface area contributed by atoms with Gasteiger partial charge in [-0.05, 0) is 75.6 Å². The Bertz CT molecular complexity index is 3090. The molecule has 0 aliphatic carbocycles. The van der Waals surface area contributed by atoms with Gasteiger partial charge in [-0.25, -0.2) is 0 Å². The molecule has 25 nitrogen and oxygen atoms in total. The van der Waals surface area contributed by atoms with Crippen molar-refractivity contribution in [2.75, 3.05) is 103 Å². The Morgan fingerprint density at radius 1 is 0.738 bits per heavy atom. The van der Waals surface area contributed by atoms with Crippen molar-refractivity contribution in [3.63, 3.8) is 0 Å². The van der Waals surface area contributed by atoms with Crippen LogP contribution in [0.3, 0.4) is 0 Å². The van der Waals surface area contributed by atoms with Crippen LogP contribution in [0.5, 0.6) is 0 Å². The Hall–Kier alpha value is -6.37. The van der Waals surface area contributed by atoms with Gasteiger partial charge in [0.25, 0.3) is 20.2 Å². The first-order valence-corrected chi connectivity index (χ1v) is 31.5. The van der Waals surface area contributed by atoms with Gasteiger partial charge in [-0.1, -0.05) is 38.5 Å². The fourth-order valence-corrected chi connectivity index (χ4v) is 12.0. The lowest BCUT2D eigenvalue weighted by Crippen LogP contribution is -2.47. The summed E-state index contributed by atoms with van der Waals surface area (Å²) >= 11 is 1.00. The lowest BCUT2D eigenvalue weighted by molar-refractivity contribution is -0.433. The van der Waals surface area contributed by atoms with Gasteiger partial charge < -0.3 is 50.8 Å². The van der Waals surface area contributed by atoms with Crippen LogP contribution in [0.25, 0.3) is 0 Å². The van der Waals surface area contributed by atoms with Crippen molar-refractivity contribution in [3.8, 4) is 0 Å². The average molecular weight is 1230 g/mol. The number of benzene rings is 2. The van der Waals surface area contributed by atoms with Crippen LogP contribution in [-0.2, 0) is 83.6 Å². The van der Waals surface area contributed by atoms with Crippen LogP contribution in [0, 0.1) is 0 Å². The number of likely N-dealkylation sites (tertiary alicyclic amines) is 1. The second-order valence-corrected chi connectivity index (χ2v) is 25.0. The summed E-state index contributed by atoms with van der Waals surface area (Å²) in [6.45, 7) is 13.5. The molecule has 3 aliphatic heterocycles. The number of fused-ring (bicyclic) bond motifs is 2. The molecule has 0 radical (unpaired) electrons. The number of rotatable bonds is 36. The van der Waals surface area contributed by atoms with Crippen LogP contribution < -0.4 is 31.9 Å². The Balaban J connectivity index is 1.01. The summed E-state index contributed by atoms with van der Waals surface area (Å²) in [5.41, 5.74) is 9.14. The van der Waals surface area contributed by atoms with Crippen molar-refractivity contribution >= 4 is 90.4 Å². The summed E-state index contributed by atoms with van der Waals surface area (Å²) in [6, 6.07) is 7.94. The number of hydrogen-bond donors (Lipinski definition) is 7. The molecule has 462 valence electrons. The van der Waals surface area contributed by atoms with Crippen LogP contribution in [0.1, 0.15) is 84.8 Å². The van der Waals surface area contributed by atoms with E-state index in [1.54, 1.807) is 12.1 Å². The number of hydrogen-bond acceptors (Lipinski definition) is 17. The number of unbranched alkanes of at least 4 members (excludes halogenated alkanes) is 2. The van der Waals surface area contributed by atoms with Gasteiger partial charge in [0.2, 0.25) is 47.0 Å². The summed E-state index contributed by atoms with van der Waals surface area (Å²) in [5.74, 6) is -3.28. The van der Waals surface area contributed by atoms with E-state index in [1.165, 1.54) is 31.2 Å². The van der Waals surface area contributed by atoms with Crippen molar-refractivity contribution in [2.45, 2.75) is 106 Å². The second-order valence-electron chi connectivity index (χ2n) is 20.9. The van der Waals surface area contributed by atoms with E-state index in [0.717, 1.165) is 45.0 Å². The SMILES string of the molecule is CC[N+]1=C(/C=C/C=C/C=C2/N(CCCCCC(=O)NCCN3C(=O)CC(SC[C@@H](NC(=O)COCCOCCNC(=O)COCCOCCNC(C)=O)C(N)=O)C3=O)c3ccc(S(=O)(=O)O)cc3C2(C)C)C(C)(C)c2cc(S(=O)(=O)O)ccc21. The highest BCUT2D eigenvalue weighted by molar-refractivity contribution is 8.00. The first-order valence-electron chi connectivity index (χ1n) is 27.5. The molecule has 2 aromatic rings. The number of nitrogens with one attached hydrogen (secondary N) is 4. The minimum absolute atomic E-state index is 0.0218. The van der Waals surface area contributed by atoms with Gasteiger partial charge >= 0.3 is 0 Å². The minimum Gasteiger partial charge on any atom is -0.377 e. The molecule has 1 fully saturated rings. The maximum Gasteiger partial charge on any atom is 0.294 e. The fraction of sp³-hybridized carbons (Fsp3) is 0.536. The predicted octanol–water partition coefficient (Wildman–Crippen LogP) is 2.20. The summed E-state index contributed by atoms with van der Waals surface area (Å²) in [7, 11) is -8.89. The molecule has 7 amide bonds. The van der Waals surface area contributed by atoms with Gasteiger partial charge in [0, 0.05) is 92.7 Å². The molecule has 28 heteroatoms. The molecule has 3 heterocycles. The lowest BCUT2D eigenvalue weighted by atomic mass is 9.81. The van der Waals surface area contributed by atoms with E-state index in [-0.39, 0.29) is 105 Å². The van der Waals surface area contributed by atoms with Crippen molar-refractivity contribution in [2.24, 2.45) is 5.73 Å². The van der Waals surface area contributed by atoms with Gasteiger partial charge in [0.15, 0.2) is 5.71 Å². The third kappa shape index (κ3) is 19.6. The Morgan fingerprint density at radius 3 is 1.98 bits per heavy atom. The summed E-state index contributed by atoms with van der Waals surface area (Å²) in [4.78, 5) is 89.2. The van der Waals surface area contributed by atoms with Gasteiger partial charge in [0.1, 0.15) is 25.8 Å². The Morgan fingerprint density at radius 2 is 1.35 bits per heavy atom. The molecule has 0 bridgehead atoms. The molecular weight excluding hydrogens is 1150 g/mol. The van der Waals surface area contributed by atoms with Crippen LogP contribution >= 0.6 is 11.8 Å². The van der Waals surface area contributed by atoms with E-state index in [4.69, 9.17) is 24.7 Å². The highest BCUT2D eigenvalue weighted by Crippen LogP contribution is 2.49. The van der Waals surface area contributed by atoms with Gasteiger partial charge in [0.05, 0.1) is 60.1 Å². The number of nitrogens with two attached hydrogens (primary N) is 1. The largest absolute Gasteiger partial charge is 0.377 e. The van der Waals surface area contributed by atoms with Crippen LogP contribution in [0.2, 0.25) is 0 Å². The van der Waals surface area contributed by atoms with E-state index in [1.807, 2.05) is 65.0 Å². The molecule has 0 spiro atoms. The van der Waals surface area contributed by atoms with Gasteiger partial charge in [-0.3, -0.25) is 47.6 Å². The summed E-state index contributed by atoms with van der Waals surface area (Å²) in [6.07, 6.45) is 11.4. The second kappa shape index (κ2) is 31.7. The van der Waals surface area contributed by atoms with E-state index < -0.39 is 72.6 Å². The van der Waals surface area contributed by atoms with Crippen molar-refractivity contribution in [1.82, 2.24) is 26.2 Å². The monoisotopic (exact) mass is 1230 g/mol. The Kier molecular flexibility index (Phi) is 25.8. The zero-order valence-corrected chi connectivity index (χ0v) is 50.8. The molecule has 3 aliphatic rings. The van der Waals surface area contributed by atoms with Gasteiger partial charge in [-0.2, -0.15) is 21.4 Å². The smallest absolute Gasteiger partial charge is 0.294 e. The minimum atomic E-state index is -4.49. The molecule has 2 aromatic carbocycles. The zero-order chi connectivity index (χ0) is 61.8. The third-order valence-electron chi connectivity index (χ3n) is 14.1.